The molecule has 0 spiro atoms. The van der Waals surface area contributed by atoms with Crippen LogP contribution in [0.3, 0.4) is 0 Å². The van der Waals surface area contributed by atoms with Crippen LogP contribution >= 0.6 is 0 Å². The van der Waals surface area contributed by atoms with Crippen LogP contribution in [0.1, 0.15) is 38.2 Å². The molecule has 2 heterocycles. The summed E-state index contributed by atoms with van der Waals surface area (Å²) in [6, 6.07) is 7.99. The molecule has 0 aliphatic carbocycles. The van der Waals surface area contributed by atoms with Crippen molar-refractivity contribution < 1.29 is 14.1 Å². The second kappa shape index (κ2) is 5.36. The molecule has 0 unspecified atom stereocenters. The highest BCUT2D eigenvalue weighted by Gasteiger charge is 2.51. The molecule has 0 saturated carbocycles. The van der Waals surface area contributed by atoms with Crippen molar-refractivity contribution in [3.63, 3.8) is 0 Å². The molecule has 0 radical (unpaired) electrons. The number of carbonyl (C=O) groups is 1. The predicted octanol–water partition coefficient (Wildman–Crippen LogP) is 2.18. The van der Waals surface area contributed by atoms with E-state index in [0.29, 0.717) is 5.69 Å². The van der Waals surface area contributed by atoms with Gasteiger partial charge in [0.2, 0.25) is 0 Å². The minimum atomic E-state index is -0.401. The summed E-state index contributed by atoms with van der Waals surface area (Å²) >= 11 is 0. The zero-order chi connectivity index (χ0) is 17.9. The maximum Gasteiger partial charge on any atom is 0.494 e. The zero-order valence-electron chi connectivity index (χ0n) is 15.5. The lowest BCUT2D eigenvalue weighted by Crippen LogP contribution is -2.41. The molecule has 1 aromatic heterocycles. The largest absolute Gasteiger partial charge is 0.494 e. The molecule has 1 saturated heterocycles. The molecule has 6 heteroatoms. The first kappa shape index (κ1) is 17.1. The average Bonchev–Trinajstić information content (AvgIpc) is 2.92. The van der Waals surface area contributed by atoms with E-state index < -0.39 is 7.12 Å². The fourth-order valence-electron chi connectivity index (χ4n) is 2.91. The summed E-state index contributed by atoms with van der Waals surface area (Å²) in [5.74, 6) is -0.00844. The predicted molar refractivity (Wildman–Crippen MR) is 96.7 cm³/mol. The van der Waals surface area contributed by atoms with Crippen molar-refractivity contribution >= 4 is 29.4 Å². The molecule has 1 aromatic carbocycles. The number of fused-ring (bicyclic) bond motifs is 1. The summed E-state index contributed by atoms with van der Waals surface area (Å²) in [6.45, 7) is 8.17. The monoisotopic (exact) mass is 328 g/mol. The van der Waals surface area contributed by atoms with Crippen LogP contribution < -0.4 is 5.46 Å². The number of aryl methyl sites for hydroxylation is 1. The van der Waals surface area contributed by atoms with E-state index in [1.54, 1.807) is 19.0 Å². The van der Waals surface area contributed by atoms with Crippen LogP contribution in [-0.2, 0) is 16.4 Å². The van der Waals surface area contributed by atoms with Gasteiger partial charge in [0, 0.05) is 32.0 Å². The Hall–Kier alpha value is -1.79. The number of benzene rings is 1. The third kappa shape index (κ3) is 2.54. The van der Waals surface area contributed by atoms with Crippen molar-refractivity contribution in [3.05, 3.63) is 30.0 Å². The Morgan fingerprint density at radius 3 is 2.21 bits per heavy atom. The highest BCUT2D eigenvalue weighted by Crippen LogP contribution is 2.36. The van der Waals surface area contributed by atoms with Gasteiger partial charge >= 0.3 is 7.12 Å². The van der Waals surface area contributed by atoms with Gasteiger partial charge in [-0.05, 0) is 45.3 Å². The van der Waals surface area contributed by atoms with Crippen molar-refractivity contribution in [2.24, 2.45) is 7.05 Å². The van der Waals surface area contributed by atoms with Gasteiger partial charge in [-0.15, -0.1) is 0 Å². The van der Waals surface area contributed by atoms with Crippen LogP contribution in [0.15, 0.2) is 24.3 Å². The molecule has 24 heavy (non-hydrogen) atoms. The highest BCUT2D eigenvalue weighted by molar-refractivity contribution is 6.62. The highest BCUT2D eigenvalue weighted by atomic mass is 16.7. The third-order valence-corrected chi connectivity index (χ3v) is 5.22. The minimum absolute atomic E-state index is 0.00844. The molecule has 3 rings (SSSR count). The van der Waals surface area contributed by atoms with Crippen molar-refractivity contribution in [1.29, 1.82) is 0 Å². The second-order valence-electron chi connectivity index (χ2n) is 7.69. The van der Waals surface area contributed by atoms with Gasteiger partial charge < -0.3 is 18.8 Å². The van der Waals surface area contributed by atoms with E-state index in [0.717, 1.165) is 16.4 Å². The Labute approximate surface area is 143 Å². The molecule has 5 nitrogen and oxygen atoms in total. The van der Waals surface area contributed by atoms with Crippen molar-refractivity contribution in [2.45, 2.75) is 38.9 Å². The van der Waals surface area contributed by atoms with Crippen LogP contribution in [-0.4, -0.2) is 47.8 Å². The van der Waals surface area contributed by atoms with Crippen molar-refractivity contribution in [2.75, 3.05) is 14.1 Å². The lowest BCUT2D eigenvalue weighted by molar-refractivity contribution is 0.00578. The molecular weight excluding hydrogens is 303 g/mol. The van der Waals surface area contributed by atoms with Gasteiger partial charge in [-0.1, -0.05) is 12.1 Å². The van der Waals surface area contributed by atoms with E-state index in [2.05, 4.69) is 0 Å². The number of rotatable bonds is 2. The summed E-state index contributed by atoms with van der Waals surface area (Å²) in [7, 11) is 5.03. The van der Waals surface area contributed by atoms with Crippen LogP contribution in [0.4, 0.5) is 0 Å². The molecule has 0 atom stereocenters. The molecule has 1 aliphatic heterocycles. The number of hydrogen-bond acceptors (Lipinski definition) is 3. The van der Waals surface area contributed by atoms with E-state index in [-0.39, 0.29) is 17.1 Å². The van der Waals surface area contributed by atoms with Crippen molar-refractivity contribution in [3.8, 4) is 0 Å². The zero-order valence-corrected chi connectivity index (χ0v) is 15.5. The third-order valence-electron chi connectivity index (χ3n) is 5.22. The molecule has 128 valence electrons. The Balaban J connectivity index is 2.01. The van der Waals surface area contributed by atoms with Crippen LogP contribution in [0.5, 0.6) is 0 Å². The van der Waals surface area contributed by atoms with E-state index in [4.69, 9.17) is 9.31 Å². The van der Waals surface area contributed by atoms with Crippen LogP contribution in [0, 0.1) is 0 Å². The van der Waals surface area contributed by atoms with Gasteiger partial charge in [0.05, 0.1) is 11.2 Å². The fourth-order valence-corrected chi connectivity index (χ4v) is 2.91. The SMILES string of the molecule is CN(C)C(=O)c1cc2ccc(B3OC(C)(C)C(C)(C)O3)cc2n1C. The van der Waals surface area contributed by atoms with Gasteiger partial charge in [0.1, 0.15) is 5.69 Å². The van der Waals surface area contributed by atoms with Crippen molar-refractivity contribution in [1.82, 2.24) is 9.47 Å². The first-order chi connectivity index (χ1) is 11.0. The number of nitrogens with zero attached hydrogens (tertiary/aromatic N) is 2. The number of carbonyl (C=O) groups excluding carboxylic acids is 1. The molecule has 0 bridgehead atoms. The topological polar surface area (TPSA) is 43.7 Å². The first-order valence-corrected chi connectivity index (χ1v) is 8.20. The summed E-state index contributed by atoms with van der Waals surface area (Å²) in [6.07, 6.45) is 0. The van der Waals surface area contributed by atoms with E-state index in [1.165, 1.54) is 0 Å². The number of amides is 1. The summed E-state index contributed by atoms with van der Waals surface area (Å²) in [5, 5.41) is 1.03. The van der Waals surface area contributed by atoms with Crippen LogP contribution in [0.2, 0.25) is 0 Å². The Bertz CT molecular complexity index is 792. The fraction of sp³-hybridized carbons (Fsp3) is 0.500. The van der Waals surface area contributed by atoms with E-state index in [9.17, 15) is 4.79 Å². The molecule has 1 aliphatic rings. The number of hydrogen-bond donors (Lipinski definition) is 0. The second-order valence-corrected chi connectivity index (χ2v) is 7.69. The normalized spacial score (nSPS) is 19.0. The Morgan fingerprint density at radius 1 is 1.08 bits per heavy atom. The maximum atomic E-state index is 12.3. The summed E-state index contributed by atoms with van der Waals surface area (Å²) < 4.78 is 14.2. The van der Waals surface area contributed by atoms with Crippen LogP contribution in [0.25, 0.3) is 10.9 Å². The van der Waals surface area contributed by atoms with E-state index in [1.807, 2.05) is 63.6 Å². The lowest BCUT2D eigenvalue weighted by Gasteiger charge is -2.32. The Kier molecular flexibility index (Phi) is 3.81. The standard InChI is InChI=1S/C18H25BN2O3/c1-17(2)18(3,4)24-19(23-17)13-9-8-12-10-15(16(22)20(5)6)21(7)14(12)11-13/h8-11H,1-7H3. The van der Waals surface area contributed by atoms with Gasteiger partial charge in [0.25, 0.3) is 5.91 Å². The quantitative estimate of drug-likeness (QED) is 0.794. The molecule has 1 fully saturated rings. The van der Waals surface area contributed by atoms with E-state index >= 15 is 0 Å². The maximum absolute atomic E-state index is 12.3. The summed E-state index contributed by atoms with van der Waals surface area (Å²) in [4.78, 5) is 13.9. The molecule has 2 aromatic rings. The minimum Gasteiger partial charge on any atom is -0.399 e. The lowest BCUT2D eigenvalue weighted by atomic mass is 9.79. The molecular formula is C18H25BN2O3. The summed E-state index contributed by atoms with van der Waals surface area (Å²) in [5.41, 5.74) is 1.89. The van der Waals surface area contributed by atoms with Gasteiger partial charge in [-0.2, -0.15) is 0 Å². The van der Waals surface area contributed by atoms with Gasteiger partial charge in [0.15, 0.2) is 0 Å². The molecule has 1 amide bonds. The van der Waals surface area contributed by atoms with Gasteiger partial charge in [-0.25, -0.2) is 0 Å². The van der Waals surface area contributed by atoms with Gasteiger partial charge in [-0.3, -0.25) is 4.79 Å². The molecule has 0 N–H and O–H groups in total. The average molecular weight is 328 g/mol. The smallest absolute Gasteiger partial charge is 0.399 e. The number of aromatic nitrogens is 1. The first-order valence-electron chi connectivity index (χ1n) is 8.20. The Morgan fingerprint density at radius 2 is 1.67 bits per heavy atom.